The lowest BCUT2D eigenvalue weighted by atomic mass is 9.71. The highest BCUT2D eigenvalue weighted by molar-refractivity contribution is 5.85. The van der Waals surface area contributed by atoms with Crippen LogP contribution in [0.1, 0.15) is 79.2 Å². The molecule has 5 heteroatoms. The zero-order valence-corrected chi connectivity index (χ0v) is 21.8. The van der Waals surface area contributed by atoms with Crippen LogP contribution in [0.15, 0.2) is 12.1 Å². The maximum atomic E-state index is 12.6. The summed E-state index contributed by atoms with van der Waals surface area (Å²) in [5.41, 5.74) is 9.65. The predicted molar refractivity (Wildman–Crippen MR) is 144 cm³/mol. The van der Waals surface area contributed by atoms with E-state index in [1.807, 2.05) is 0 Å². The molecule has 0 spiro atoms. The van der Waals surface area contributed by atoms with E-state index in [0.717, 1.165) is 89.0 Å². The molecule has 0 bridgehead atoms. The van der Waals surface area contributed by atoms with Crippen molar-refractivity contribution < 1.29 is 14.6 Å². The van der Waals surface area contributed by atoms with Crippen LogP contribution in [0.4, 0.5) is 5.69 Å². The van der Waals surface area contributed by atoms with Crippen LogP contribution in [0.3, 0.4) is 0 Å². The Balaban J connectivity index is 1.48. The van der Waals surface area contributed by atoms with E-state index in [1.165, 1.54) is 75.3 Å². The Morgan fingerprint density at radius 1 is 0.865 bits per heavy atom. The molecule has 2 aromatic carbocycles. The third kappa shape index (κ3) is 3.21. The topological polar surface area (TPSA) is 52.8 Å². The van der Waals surface area contributed by atoms with Crippen molar-refractivity contribution in [3.8, 4) is 11.5 Å². The van der Waals surface area contributed by atoms with E-state index in [-0.39, 0.29) is 11.8 Å². The largest absolute Gasteiger partial charge is 0.481 e. The molecule has 1 saturated carbocycles. The second kappa shape index (κ2) is 8.34. The summed E-state index contributed by atoms with van der Waals surface area (Å²) in [5, 5.41) is 13.0. The number of aryl methyl sites for hydroxylation is 2. The molecule has 0 aromatic heterocycles. The summed E-state index contributed by atoms with van der Waals surface area (Å²) in [6.07, 6.45) is 13.0. The fraction of sp³-hybridized carbons (Fsp3) is 0.562. The van der Waals surface area contributed by atoms with Crippen LogP contribution in [0.25, 0.3) is 5.57 Å². The second-order valence-electron chi connectivity index (χ2n) is 12.2. The number of carboxylic acid groups (broad SMARTS) is 1. The summed E-state index contributed by atoms with van der Waals surface area (Å²) in [6.45, 7) is 4.57. The third-order valence-electron chi connectivity index (χ3n) is 10.2. The Morgan fingerprint density at radius 3 is 2.49 bits per heavy atom. The number of ether oxygens (including phenoxy) is 1. The van der Waals surface area contributed by atoms with Crippen LogP contribution >= 0.6 is 0 Å². The van der Waals surface area contributed by atoms with Crippen LogP contribution < -0.4 is 24.8 Å². The minimum atomic E-state index is -0.622. The van der Waals surface area contributed by atoms with Crippen LogP contribution in [-0.4, -0.2) is 37.3 Å². The Labute approximate surface area is 218 Å². The van der Waals surface area contributed by atoms with E-state index in [9.17, 15) is 9.90 Å². The minimum Gasteiger partial charge on any atom is -0.481 e. The monoisotopic (exact) mass is 497 g/mol. The molecule has 37 heavy (non-hydrogen) atoms. The van der Waals surface area contributed by atoms with Crippen molar-refractivity contribution in [3.63, 3.8) is 0 Å². The summed E-state index contributed by atoms with van der Waals surface area (Å²) in [7, 11) is 0. The van der Waals surface area contributed by atoms with Crippen LogP contribution in [0.5, 0.6) is 11.5 Å². The highest BCUT2D eigenvalue weighted by Gasteiger charge is 2.40. The van der Waals surface area contributed by atoms with Gasteiger partial charge in [-0.3, -0.25) is 4.79 Å². The van der Waals surface area contributed by atoms with Crippen molar-refractivity contribution in [1.29, 1.82) is 0 Å². The van der Waals surface area contributed by atoms with Gasteiger partial charge in [0.15, 0.2) is 0 Å². The summed E-state index contributed by atoms with van der Waals surface area (Å²) in [6, 6.07) is 4.85. The summed E-state index contributed by atoms with van der Waals surface area (Å²) in [5.74, 6) is 1.24. The molecule has 2 unspecified atom stereocenters. The van der Waals surface area contributed by atoms with E-state index >= 15 is 0 Å². The van der Waals surface area contributed by atoms with Crippen LogP contribution in [0, 0.1) is 11.8 Å². The zero-order chi connectivity index (χ0) is 24.7. The lowest BCUT2D eigenvalue weighted by molar-refractivity contribution is -0.143. The molecule has 192 valence electrons. The van der Waals surface area contributed by atoms with Crippen LogP contribution in [-0.2, 0) is 30.5 Å². The minimum absolute atomic E-state index is 0.0507. The molecule has 1 N–H and O–H groups in total. The summed E-state index contributed by atoms with van der Waals surface area (Å²) in [4.78, 5) is 15.2. The first-order valence-electron chi connectivity index (χ1n) is 14.8. The molecule has 5 heterocycles. The molecule has 0 radical (unpaired) electrons. The van der Waals surface area contributed by atoms with Gasteiger partial charge in [0.25, 0.3) is 0 Å². The molecule has 5 aliphatic heterocycles. The highest BCUT2D eigenvalue weighted by atomic mass is 16.5. The average molecular weight is 498 g/mol. The smallest absolute Gasteiger partial charge is 0.307 e. The van der Waals surface area contributed by atoms with Crippen LogP contribution in [0.2, 0.25) is 0 Å². The first-order chi connectivity index (χ1) is 18.2. The van der Waals surface area contributed by atoms with Gasteiger partial charge < -0.3 is 14.7 Å². The standard InChI is InChI=1S/C32H36N2O3/c35-32(36)22-10-2-1-9-21(22)27-25-17-19-7-3-13-33-15-5-11-23(28(19)33)30(25)37-31-24-12-6-16-34-14-4-8-20(29(24)34)18-26(27)31/h17-18,21-22H,1-16H2/p+1. The van der Waals surface area contributed by atoms with Crippen molar-refractivity contribution in [2.45, 2.75) is 77.0 Å². The average Bonchev–Trinajstić information content (AvgIpc) is 2.93. The Bertz CT molecular complexity index is 1470. The molecular formula is C32H37N2O3+. The van der Waals surface area contributed by atoms with Gasteiger partial charge in [-0.25, -0.2) is 4.58 Å². The number of fused-ring (bicyclic) bond motifs is 4. The molecule has 0 amide bonds. The normalized spacial score (nSPS) is 25.5. The summed E-state index contributed by atoms with van der Waals surface area (Å²) >= 11 is 0. The molecular weight excluding hydrogens is 460 g/mol. The number of hydrogen-bond acceptors (Lipinski definition) is 3. The van der Waals surface area contributed by atoms with E-state index in [4.69, 9.17) is 4.74 Å². The number of anilines is 1. The number of carbonyl (C=O) groups is 1. The lowest BCUT2D eigenvalue weighted by Crippen LogP contribution is -2.45. The van der Waals surface area contributed by atoms with Gasteiger partial charge in [-0.2, -0.15) is 0 Å². The van der Waals surface area contributed by atoms with E-state index in [0.29, 0.717) is 0 Å². The maximum Gasteiger partial charge on any atom is 0.307 e. The molecule has 8 rings (SSSR count). The third-order valence-corrected chi connectivity index (χ3v) is 10.2. The van der Waals surface area contributed by atoms with E-state index in [2.05, 4.69) is 21.6 Å². The molecule has 1 fully saturated rings. The predicted octanol–water partition coefficient (Wildman–Crippen LogP) is 3.96. The summed E-state index contributed by atoms with van der Waals surface area (Å²) < 4.78 is 9.71. The van der Waals surface area contributed by atoms with Gasteiger partial charge >= 0.3 is 5.97 Å². The van der Waals surface area contributed by atoms with Gasteiger partial charge in [-0.15, -0.1) is 0 Å². The van der Waals surface area contributed by atoms with Gasteiger partial charge in [0.1, 0.15) is 24.6 Å². The van der Waals surface area contributed by atoms with Gasteiger partial charge in [-0.05, 0) is 80.6 Å². The Kier molecular flexibility index (Phi) is 5.00. The van der Waals surface area contributed by atoms with Gasteiger partial charge in [-0.1, -0.05) is 12.8 Å². The first-order valence-corrected chi connectivity index (χ1v) is 14.8. The number of carboxylic acids is 1. The van der Waals surface area contributed by atoms with Gasteiger partial charge in [0.2, 0.25) is 5.36 Å². The number of benzene rings is 2. The fourth-order valence-electron chi connectivity index (χ4n) is 8.71. The van der Waals surface area contributed by atoms with Crippen molar-refractivity contribution >= 4 is 17.2 Å². The lowest BCUT2D eigenvalue weighted by Gasteiger charge is -2.40. The van der Waals surface area contributed by atoms with Crippen molar-refractivity contribution in [3.05, 3.63) is 50.5 Å². The molecule has 1 aliphatic carbocycles. The van der Waals surface area contributed by atoms with Gasteiger partial charge in [0.05, 0.1) is 11.5 Å². The fourth-order valence-corrected chi connectivity index (χ4v) is 8.71. The van der Waals surface area contributed by atoms with Crippen molar-refractivity contribution in [1.82, 2.24) is 4.58 Å². The Morgan fingerprint density at radius 2 is 1.62 bits per heavy atom. The highest BCUT2D eigenvalue weighted by Crippen LogP contribution is 2.51. The number of rotatable bonds is 2. The zero-order valence-electron chi connectivity index (χ0n) is 21.8. The van der Waals surface area contributed by atoms with Crippen molar-refractivity contribution in [2.24, 2.45) is 11.8 Å². The molecule has 0 saturated heterocycles. The quantitative estimate of drug-likeness (QED) is 0.638. The number of hydrogen-bond donors (Lipinski definition) is 1. The van der Waals surface area contributed by atoms with Crippen molar-refractivity contribution in [2.75, 3.05) is 31.1 Å². The molecule has 2 atom stereocenters. The molecule has 2 aromatic rings. The van der Waals surface area contributed by atoms with E-state index < -0.39 is 5.97 Å². The number of aliphatic carboxylic acids is 1. The number of nitrogens with zero attached hydrogens (tertiary/aromatic N) is 2. The Hall–Kier alpha value is -2.82. The molecule has 5 nitrogen and oxygen atoms in total. The first kappa shape index (κ1) is 22.2. The molecule has 6 aliphatic rings. The van der Waals surface area contributed by atoms with Gasteiger partial charge in [0, 0.05) is 53.5 Å². The maximum absolute atomic E-state index is 12.6. The van der Waals surface area contributed by atoms with E-state index in [1.54, 1.807) is 0 Å². The SMILES string of the molecule is O=C(O)C1CCCCC1C1=c2cc3c4c(c2Oc2c1cc1c5c2CCCN5CCC1)CCC[N+]=4CCC3. The second-order valence-corrected chi connectivity index (χ2v) is 12.2.